The summed E-state index contributed by atoms with van der Waals surface area (Å²) in [6.45, 7) is 8.16. The molecule has 0 aromatic heterocycles. The van der Waals surface area contributed by atoms with E-state index in [1.165, 1.54) is 5.56 Å². The van der Waals surface area contributed by atoms with Crippen molar-refractivity contribution in [3.8, 4) is 0 Å². The van der Waals surface area contributed by atoms with E-state index in [0.29, 0.717) is 0 Å². The van der Waals surface area contributed by atoms with Crippen LogP contribution in [-0.4, -0.2) is 15.6 Å². The van der Waals surface area contributed by atoms with Gasteiger partial charge in [-0.25, -0.2) is 0 Å². The highest BCUT2D eigenvalue weighted by Gasteiger charge is 2.01. The first-order valence-corrected chi connectivity index (χ1v) is 6.21. The number of hydrogen-bond donors (Lipinski definition) is 0. The summed E-state index contributed by atoms with van der Waals surface area (Å²) in [5.74, 6) is 0. The molecule has 0 atom stereocenters. The van der Waals surface area contributed by atoms with E-state index >= 15 is 0 Å². The van der Waals surface area contributed by atoms with E-state index < -0.39 is 9.04 Å². The van der Waals surface area contributed by atoms with Crippen LogP contribution in [0.5, 0.6) is 0 Å². The summed E-state index contributed by atoms with van der Waals surface area (Å²) in [7, 11) is -0.965. The molecule has 0 saturated carbocycles. The van der Waals surface area contributed by atoms with Crippen molar-refractivity contribution in [1.29, 1.82) is 0 Å². The van der Waals surface area contributed by atoms with Gasteiger partial charge in [-0.2, -0.15) is 0 Å². The largest absolute Gasteiger partial charge is 0.408 e. The Kier molecular flexibility index (Phi) is 4.97. The highest BCUT2D eigenvalue weighted by molar-refractivity contribution is 6.62. The van der Waals surface area contributed by atoms with Crippen molar-refractivity contribution in [1.82, 2.24) is 0 Å². The zero-order chi connectivity index (χ0) is 10.2. The zero-order valence-electron chi connectivity index (χ0n) is 8.28. The summed E-state index contributed by atoms with van der Waals surface area (Å²) in [4.78, 5) is 0. The second-order valence-corrected chi connectivity index (χ2v) is 4.80. The molecule has 1 rings (SSSR count). The molecule has 1 nitrogen and oxygen atoms in total. The molecule has 0 amide bonds. The predicted molar refractivity (Wildman–Crippen MR) is 62.2 cm³/mol. The Morgan fingerprint density at radius 1 is 1.14 bits per heavy atom. The minimum Gasteiger partial charge on any atom is -0.408 e. The first-order chi connectivity index (χ1) is 6.86. The first-order valence-electron chi connectivity index (χ1n) is 4.65. The molecule has 2 heteroatoms. The molecule has 0 bridgehead atoms. The third-order valence-corrected chi connectivity index (χ3v) is 3.25. The second kappa shape index (κ2) is 6.35. The summed E-state index contributed by atoms with van der Waals surface area (Å²) in [5.41, 5.74) is 5.01. The fourth-order valence-electron chi connectivity index (χ4n) is 1.13. The van der Waals surface area contributed by atoms with Crippen molar-refractivity contribution >= 4 is 9.04 Å². The van der Waals surface area contributed by atoms with Gasteiger partial charge in [0.15, 0.2) is 0 Å². The quantitative estimate of drug-likeness (QED) is 0.646. The fourth-order valence-corrected chi connectivity index (χ4v) is 1.87. The summed E-state index contributed by atoms with van der Waals surface area (Å²) in [6, 6.07) is 10.3. The lowest BCUT2D eigenvalue weighted by atomic mass is 10.2. The van der Waals surface area contributed by atoms with Crippen molar-refractivity contribution in [2.45, 2.75) is 6.42 Å². The second-order valence-electron chi connectivity index (χ2n) is 2.89. The van der Waals surface area contributed by atoms with Gasteiger partial charge in [-0.1, -0.05) is 41.7 Å². The monoisotopic (exact) mass is 203 g/mol. The molecule has 14 heavy (non-hydrogen) atoms. The predicted octanol–water partition coefficient (Wildman–Crippen LogP) is 2.69. The first kappa shape index (κ1) is 11.0. The van der Waals surface area contributed by atoms with Crippen LogP contribution in [0.2, 0.25) is 0 Å². The SMILES string of the molecule is C=C[Si](C=C)OCCc1ccccc1. The topological polar surface area (TPSA) is 9.23 Å². The lowest BCUT2D eigenvalue weighted by molar-refractivity contribution is 0.336. The van der Waals surface area contributed by atoms with E-state index in [0.717, 1.165) is 13.0 Å². The summed E-state index contributed by atoms with van der Waals surface area (Å²) in [5, 5.41) is 0. The molecule has 0 spiro atoms. The standard InChI is InChI=1S/C12H15OSi/c1-3-14(4-2)13-11-10-12-8-6-5-7-9-12/h3-9H,1-2,10-11H2. The summed E-state index contributed by atoms with van der Waals surface area (Å²) in [6.07, 6.45) is 0.955. The minimum absolute atomic E-state index is 0.746. The molecule has 0 aliphatic rings. The molecule has 1 aromatic rings. The molecule has 0 saturated heterocycles. The van der Waals surface area contributed by atoms with Crippen LogP contribution in [0, 0.1) is 0 Å². The van der Waals surface area contributed by atoms with Crippen molar-refractivity contribution < 1.29 is 4.43 Å². The van der Waals surface area contributed by atoms with Gasteiger partial charge in [0, 0.05) is 6.61 Å². The molecule has 0 aliphatic heterocycles. The molecule has 0 heterocycles. The molecule has 1 aromatic carbocycles. The van der Waals surface area contributed by atoms with Gasteiger partial charge in [-0.05, 0) is 12.0 Å². The van der Waals surface area contributed by atoms with E-state index in [-0.39, 0.29) is 0 Å². The van der Waals surface area contributed by atoms with Crippen molar-refractivity contribution in [3.05, 3.63) is 60.5 Å². The van der Waals surface area contributed by atoms with Crippen molar-refractivity contribution in [2.75, 3.05) is 6.61 Å². The molecule has 73 valence electrons. The molecular weight excluding hydrogens is 188 g/mol. The lowest BCUT2D eigenvalue weighted by Gasteiger charge is -2.06. The Labute approximate surface area is 87.5 Å². The van der Waals surface area contributed by atoms with Crippen molar-refractivity contribution in [3.63, 3.8) is 0 Å². The van der Waals surface area contributed by atoms with Gasteiger partial charge in [0.2, 0.25) is 0 Å². The van der Waals surface area contributed by atoms with E-state index in [2.05, 4.69) is 25.3 Å². The smallest absolute Gasteiger partial charge is 0.266 e. The van der Waals surface area contributed by atoms with Crippen LogP contribution in [0.1, 0.15) is 5.56 Å². The van der Waals surface area contributed by atoms with Gasteiger partial charge < -0.3 is 4.43 Å². The molecule has 0 N–H and O–H groups in total. The number of rotatable bonds is 6. The van der Waals surface area contributed by atoms with Gasteiger partial charge in [0.1, 0.15) is 0 Å². The maximum Gasteiger partial charge on any atom is 0.266 e. The van der Waals surface area contributed by atoms with Crippen molar-refractivity contribution in [2.24, 2.45) is 0 Å². The summed E-state index contributed by atoms with van der Waals surface area (Å²) < 4.78 is 5.61. The van der Waals surface area contributed by atoms with Crippen LogP contribution in [-0.2, 0) is 10.8 Å². The van der Waals surface area contributed by atoms with Crippen LogP contribution >= 0.6 is 0 Å². The highest BCUT2D eigenvalue weighted by atomic mass is 28.3. The maximum absolute atomic E-state index is 5.61. The van der Waals surface area contributed by atoms with Gasteiger partial charge >= 0.3 is 0 Å². The molecule has 0 unspecified atom stereocenters. The van der Waals surface area contributed by atoms with Crippen LogP contribution in [0.15, 0.2) is 54.9 Å². The van der Waals surface area contributed by atoms with Crippen LogP contribution < -0.4 is 0 Å². The molecule has 1 radical (unpaired) electrons. The van der Waals surface area contributed by atoms with Gasteiger partial charge in [-0.3, -0.25) is 0 Å². The number of benzene rings is 1. The normalized spacial score (nSPS) is 10.1. The summed E-state index contributed by atoms with van der Waals surface area (Å²) >= 11 is 0. The van der Waals surface area contributed by atoms with E-state index in [1.54, 1.807) is 0 Å². The molecule has 0 fully saturated rings. The van der Waals surface area contributed by atoms with Crippen LogP contribution in [0.25, 0.3) is 0 Å². The van der Waals surface area contributed by atoms with Gasteiger partial charge in [0.05, 0.1) is 0 Å². The Hall–Kier alpha value is -1.12. The highest BCUT2D eigenvalue weighted by Crippen LogP contribution is 2.00. The third kappa shape index (κ3) is 3.73. The Bertz CT molecular complexity index is 274. The zero-order valence-corrected chi connectivity index (χ0v) is 9.28. The van der Waals surface area contributed by atoms with Gasteiger partial charge in [0.25, 0.3) is 9.04 Å². The Balaban J connectivity index is 2.28. The average Bonchev–Trinajstić information content (AvgIpc) is 2.26. The minimum atomic E-state index is -0.965. The van der Waals surface area contributed by atoms with E-state index in [4.69, 9.17) is 4.43 Å². The fraction of sp³-hybridized carbons (Fsp3) is 0.167. The van der Waals surface area contributed by atoms with Crippen LogP contribution in [0.3, 0.4) is 0 Å². The average molecular weight is 203 g/mol. The maximum atomic E-state index is 5.61. The van der Waals surface area contributed by atoms with E-state index in [1.807, 2.05) is 29.6 Å². The Morgan fingerprint density at radius 3 is 2.36 bits per heavy atom. The number of hydrogen-bond acceptors (Lipinski definition) is 1. The Morgan fingerprint density at radius 2 is 1.79 bits per heavy atom. The molecular formula is C12H15OSi. The third-order valence-electron chi connectivity index (χ3n) is 1.90. The van der Waals surface area contributed by atoms with E-state index in [9.17, 15) is 0 Å². The van der Waals surface area contributed by atoms with Crippen LogP contribution in [0.4, 0.5) is 0 Å². The van der Waals surface area contributed by atoms with Gasteiger partial charge in [-0.15, -0.1) is 13.2 Å². The molecule has 0 aliphatic carbocycles. The lowest BCUT2D eigenvalue weighted by Crippen LogP contribution is -2.14.